The summed E-state index contributed by atoms with van der Waals surface area (Å²) < 4.78 is 18.5. The number of halogens is 1. The Labute approximate surface area is 130 Å². The summed E-state index contributed by atoms with van der Waals surface area (Å²) in [7, 11) is 0. The van der Waals surface area contributed by atoms with Crippen LogP contribution in [0.15, 0.2) is 24.3 Å². The van der Waals surface area contributed by atoms with Crippen molar-refractivity contribution in [2.75, 3.05) is 38.1 Å². The third-order valence-corrected chi connectivity index (χ3v) is 3.44. The lowest BCUT2D eigenvalue weighted by atomic mass is 10.2. The number of ether oxygens (including phenoxy) is 1. The van der Waals surface area contributed by atoms with Crippen LogP contribution < -0.4 is 10.6 Å². The SMILES string of the molecule is CC(C)CN1CCOC(CNC(=O)Nc2ccc(F)cc2)C1. The van der Waals surface area contributed by atoms with E-state index < -0.39 is 0 Å². The standard InChI is InChI=1S/C16H24FN3O2/c1-12(2)10-20-7-8-22-15(11-20)9-18-16(21)19-14-5-3-13(17)4-6-14/h3-6,12,15H,7-11H2,1-2H3,(H2,18,19,21). The van der Waals surface area contributed by atoms with Gasteiger partial charge in [0.2, 0.25) is 0 Å². The first-order valence-corrected chi connectivity index (χ1v) is 7.67. The number of rotatable bonds is 5. The molecule has 1 aliphatic rings. The van der Waals surface area contributed by atoms with Gasteiger partial charge in [0, 0.05) is 31.9 Å². The van der Waals surface area contributed by atoms with E-state index >= 15 is 0 Å². The highest BCUT2D eigenvalue weighted by Crippen LogP contribution is 2.09. The Hall–Kier alpha value is -1.66. The molecule has 1 aromatic rings. The lowest BCUT2D eigenvalue weighted by Crippen LogP contribution is -2.48. The Bertz CT molecular complexity index is 479. The van der Waals surface area contributed by atoms with Crippen molar-refractivity contribution in [1.82, 2.24) is 10.2 Å². The Morgan fingerprint density at radius 2 is 2.14 bits per heavy atom. The number of carbonyl (C=O) groups is 1. The fourth-order valence-corrected chi connectivity index (χ4v) is 2.50. The van der Waals surface area contributed by atoms with E-state index in [1.54, 1.807) is 0 Å². The fraction of sp³-hybridized carbons (Fsp3) is 0.562. The molecule has 0 saturated carbocycles. The van der Waals surface area contributed by atoms with Crippen molar-refractivity contribution in [1.29, 1.82) is 0 Å². The van der Waals surface area contributed by atoms with Crippen LogP contribution in [0.3, 0.4) is 0 Å². The van der Waals surface area contributed by atoms with Crippen molar-refractivity contribution < 1.29 is 13.9 Å². The van der Waals surface area contributed by atoms with Crippen LogP contribution >= 0.6 is 0 Å². The van der Waals surface area contributed by atoms with Gasteiger partial charge >= 0.3 is 6.03 Å². The second-order valence-electron chi connectivity index (χ2n) is 5.99. The third-order valence-electron chi connectivity index (χ3n) is 3.44. The van der Waals surface area contributed by atoms with Crippen LogP contribution in [0.5, 0.6) is 0 Å². The number of nitrogens with one attached hydrogen (secondary N) is 2. The average Bonchev–Trinajstić information content (AvgIpc) is 2.47. The number of hydrogen-bond acceptors (Lipinski definition) is 3. The van der Waals surface area contributed by atoms with E-state index in [9.17, 15) is 9.18 Å². The maximum absolute atomic E-state index is 12.8. The molecule has 122 valence electrons. The molecule has 2 amide bonds. The smallest absolute Gasteiger partial charge is 0.319 e. The second-order valence-corrected chi connectivity index (χ2v) is 5.99. The molecule has 5 nitrogen and oxygen atoms in total. The monoisotopic (exact) mass is 309 g/mol. The summed E-state index contributed by atoms with van der Waals surface area (Å²) in [6.45, 7) is 8.35. The number of anilines is 1. The number of amides is 2. The summed E-state index contributed by atoms with van der Waals surface area (Å²) in [5.41, 5.74) is 0.560. The summed E-state index contributed by atoms with van der Waals surface area (Å²) >= 11 is 0. The molecule has 1 atom stereocenters. The van der Waals surface area contributed by atoms with Gasteiger partial charge in [-0.1, -0.05) is 13.8 Å². The van der Waals surface area contributed by atoms with Crippen molar-refractivity contribution in [2.45, 2.75) is 20.0 Å². The topological polar surface area (TPSA) is 53.6 Å². The van der Waals surface area contributed by atoms with Gasteiger partial charge in [-0.15, -0.1) is 0 Å². The molecule has 0 aromatic heterocycles. The first kappa shape index (κ1) is 16.7. The minimum atomic E-state index is -0.327. The molecule has 0 radical (unpaired) electrons. The van der Waals surface area contributed by atoms with Gasteiger partial charge in [-0.3, -0.25) is 4.90 Å². The Morgan fingerprint density at radius 3 is 2.82 bits per heavy atom. The average molecular weight is 309 g/mol. The number of hydrogen-bond donors (Lipinski definition) is 2. The molecule has 1 heterocycles. The molecule has 0 aliphatic carbocycles. The summed E-state index contributed by atoms with van der Waals surface area (Å²) in [5.74, 6) is 0.292. The van der Waals surface area contributed by atoms with Gasteiger partial charge in [0.1, 0.15) is 5.82 Å². The van der Waals surface area contributed by atoms with Crippen LogP contribution in [0.2, 0.25) is 0 Å². The predicted octanol–water partition coefficient (Wildman–Crippen LogP) is 2.30. The summed E-state index contributed by atoms with van der Waals surface area (Å²) in [4.78, 5) is 14.2. The lowest BCUT2D eigenvalue weighted by molar-refractivity contribution is -0.0288. The van der Waals surface area contributed by atoms with Gasteiger partial charge < -0.3 is 15.4 Å². The molecule has 2 rings (SSSR count). The van der Waals surface area contributed by atoms with Crippen molar-refractivity contribution in [3.63, 3.8) is 0 Å². The highest BCUT2D eigenvalue weighted by atomic mass is 19.1. The maximum Gasteiger partial charge on any atom is 0.319 e. The van der Waals surface area contributed by atoms with Crippen LogP contribution in [-0.2, 0) is 4.74 Å². The van der Waals surface area contributed by atoms with E-state index in [4.69, 9.17) is 4.74 Å². The van der Waals surface area contributed by atoms with Crippen LogP contribution in [0.25, 0.3) is 0 Å². The van der Waals surface area contributed by atoms with Crippen LogP contribution in [0.1, 0.15) is 13.8 Å². The molecule has 0 spiro atoms. The number of benzene rings is 1. The molecule has 1 fully saturated rings. The van der Waals surface area contributed by atoms with Crippen LogP contribution in [0, 0.1) is 11.7 Å². The number of carbonyl (C=O) groups excluding carboxylic acids is 1. The van der Waals surface area contributed by atoms with Gasteiger partial charge in [0.15, 0.2) is 0 Å². The van der Waals surface area contributed by atoms with Gasteiger partial charge in [-0.25, -0.2) is 9.18 Å². The van der Waals surface area contributed by atoms with Crippen molar-refractivity contribution in [3.8, 4) is 0 Å². The second kappa shape index (κ2) is 8.10. The zero-order valence-electron chi connectivity index (χ0n) is 13.1. The zero-order valence-corrected chi connectivity index (χ0v) is 13.1. The number of morpholine rings is 1. The Kier molecular flexibility index (Phi) is 6.15. The van der Waals surface area contributed by atoms with E-state index in [0.29, 0.717) is 24.8 Å². The third kappa shape index (κ3) is 5.61. The highest BCUT2D eigenvalue weighted by Gasteiger charge is 2.21. The molecule has 0 bridgehead atoms. The first-order chi connectivity index (χ1) is 10.5. The van der Waals surface area contributed by atoms with Crippen molar-refractivity contribution >= 4 is 11.7 Å². The summed E-state index contributed by atoms with van der Waals surface area (Å²) in [6.07, 6.45) is 0.00599. The normalized spacial score (nSPS) is 19.2. The summed E-state index contributed by atoms with van der Waals surface area (Å²) in [5, 5.41) is 5.46. The fourth-order valence-electron chi connectivity index (χ4n) is 2.50. The number of urea groups is 1. The van der Waals surface area contributed by atoms with Gasteiger partial charge in [-0.2, -0.15) is 0 Å². The molecular formula is C16H24FN3O2. The van der Waals surface area contributed by atoms with Gasteiger partial charge in [0.05, 0.1) is 12.7 Å². The molecule has 22 heavy (non-hydrogen) atoms. The van der Waals surface area contributed by atoms with Crippen molar-refractivity contribution in [2.24, 2.45) is 5.92 Å². The predicted molar refractivity (Wildman–Crippen MR) is 84.4 cm³/mol. The van der Waals surface area contributed by atoms with Gasteiger partial charge in [-0.05, 0) is 30.2 Å². The maximum atomic E-state index is 12.8. The van der Waals surface area contributed by atoms with E-state index in [-0.39, 0.29) is 18.0 Å². The molecule has 1 aromatic carbocycles. The van der Waals surface area contributed by atoms with Crippen LogP contribution in [0.4, 0.5) is 14.9 Å². The van der Waals surface area contributed by atoms with Crippen molar-refractivity contribution in [3.05, 3.63) is 30.1 Å². The van der Waals surface area contributed by atoms with E-state index in [1.165, 1.54) is 24.3 Å². The molecular weight excluding hydrogens is 285 g/mol. The van der Waals surface area contributed by atoms with E-state index in [2.05, 4.69) is 29.4 Å². The minimum Gasteiger partial charge on any atom is -0.374 e. The van der Waals surface area contributed by atoms with Crippen LogP contribution in [-0.4, -0.2) is 49.8 Å². The quantitative estimate of drug-likeness (QED) is 0.877. The minimum absolute atomic E-state index is 0.00599. The Morgan fingerprint density at radius 1 is 1.41 bits per heavy atom. The lowest BCUT2D eigenvalue weighted by Gasteiger charge is -2.33. The van der Waals surface area contributed by atoms with E-state index in [0.717, 1.165) is 19.6 Å². The molecule has 1 unspecified atom stereocenters. The highest BCUT2D eigenvalue weighted by molar-refractivity contribution is 5.89. The first-order valence-electron chi connectivity index (χ1n) is 7.67. The zero-order chi connectivity index (χ0) is 15.9. The Balaban J connectivity index is 1.72. The van der Waals surface area contributed by atoms with Gasteiger partial charge in [0.25, 0.3) is 0 Å². The summed E-state index contributed by atoms with van der Waals surface area (Å²) in [6, 6.07) is 5.36. The molecule has 2 N–H and O–H groups in total. The largest absolute Gasteiger partial charge is 0.374 e. The molecule has 1 aliphatic heterocycles. The molecule has 1 saturated heterocycles. The number of nitrogens with zero attached hydrogens (tertiary/aromatic N) is 1. The molecule has 6 heteroatoms. The van der Waals surface area contributed by atoms with E-state index in [1.807, 2.05) is 0 Å².